The lowest BCUT2D eigenvalue weighted by molar-refractivity contribution is 0.0696. The zero-order chi connectivity index (χ0) is 15.3. The molecule has 0 radical (unpaired) electrons. The maximum absolute atomic E-state index is 11.7. The summed E-state index contributed by atoms with van der Waals surface area (Å²) in [6.45, 7) is 0. The molecule has 0 aliphatic heterocycles. The Kier molecular flexibility index (Phi) is 2.57. The standard InChI is InChI=1S/C19H12O3/c20-16-10-9-15-13-7-2-1-5-11(13)12-6-3-4-8-14(12)17(15)18(16)19(21)22/h1-10,20H,(H,21,22). The van der Waals surface area contributed by atoms with E-state index in [4.69, 9.17) is 0 Å². The summed E-state index contributed by atoms with van der Waals surface area (Å²) in [5.74, 6) is -1.33. The average molecular weight is 288 g/mol. The number of aromatic carboxylic acids is 1. The zero-order valence-corrected chi connectivity index (χ0v) is 11.6. The molecule has 22 heavy (non-hydrogen) atoms. The number of fused-ring (bicyclic) bond motifs is 6. The maximum Gasteiger partial charge on any atom is 0.340 e. The smallest absolute Gasteiger partial charge is 0.340 e. The summed E-state index contributed by atoms with van der Waals surface area (Å²) in [5.41, 5.74) is -0.0422. The molecule has 3 nitrogen and oxygen atoms in total. The highest BCUT2D eigenvalue weighted by molar-refractivity contribution is 6.29. The van der Waals surface area contributed by atoms with Crippen LogP contribution in [0.1, 0.15) is 10.4 Å². The van der Waals surface area contributed by atoms with Gasteiger partial charge >= 0.3 is 5.97 Å². The van der Waals surface area contributed by atoms with E-state index >= 15 is 0 Å². The molecule has 4 aromatic carbocycles. The molecule has 0 saturated heterocycles. The van der Waals surface area contributed by atoms with E-state index in [0.717, 1.165) is 26.9 Å². The highest BCUT2D eigenvalue weighted by Gasteiger charge is 2.18. The van der Waals surface area contributed by atoms with Gasteiger partial charge in [0.15, 0.2) is 0 Å². The Bertz CT molecular complexity index is 1030. The first-order valence-corrected chi connectivity index (χ1v) is 6.97. The van der Waals surface area contributed by atoms with Crippen molar-refractivity contribution >= 4 is 38.3 Å². The van der Waals surface area contributed by atoms with Crippen molar-refractivity contribution in [3.8, 4) is 5.75 Å². The minimum absolute atomic E-state index is 0.0422. The molecule has 4 aromatic rings. The number of hydrogen-bond donors (Lipinski definition) is 2. The summed E-state index contributed by atoms with van der Waals surface area (Å²) in [7, 11) is 0. The van der Waals surface area contributed by atoms with Gasteiger partial charge in [-0.25, -0.2) is 4.79 Å². The van der Waals surface area contributed by atoms with Crippen molar-refractivity contribution in [2.24, 2.45) is 0 Å². The summed E-state index contributed by atoms with van der Waals surface area (Å²) in [6, 6.07) is 18.8. The van der Waals surface area contributed by atoms with Gasteiger partial charge in [-0.2, -0.15) is 0 Å². The summed E-state index contributed by atoms with van der Waals surface area (Å²) < 4.78 is 0. The normalized spacial score (nSPS) is 11.3. The first-order chi connectivity index (χ1) is 10.7. The molecule has 0 unspecified atom stereocenters. The van der Waals surface area contributed by atoms with Crippen molar-refractivity contribution < 1.29 is 15.0 Å². The minimum atomic E-state index is -1.12. The number of carboxylic acid groups (broad SMARTS) is 1. The van der Waals surface area contributed by atoms with Gasteiger partial charge in [0.1, 0.15) is 11.3 Å². The quantitative estimate of drug-likeness (QED) is 0.505. The van der Waals surface area contributed by atoms with Crippen LogP contribution >= 0.6 is 0 Å². The molecule has 0 bridgehead atoms. The predicted octanol–water partition coefficient (Wildman–Crippen LogP) is 4.55. The van der Waals surface area contributed by atoms with E-state index in [-0.39, 0.29) is 11.3 Å². The van der Waals surface area contributed by atoms with Crippen molar-refractivity contribution in [1.82, 2.24) is 0 Å². The Morgan fingerprint density at radius 3 is 1.68 bits per heavy atom. The van der Waals surface area contributed by atoms with Gasteiger partial charge in [-0.1, -0.05) is 54.6 Å². The molecule has 4 rings (SSSR count). The van der Waals surface area contributed by atoms with Crippen LogP contribution in [0, 0.1) is 0 Å². The predicted molar refractivity (Wildman–Crippen MR) is 87.6 cm³/mol. The minimum Gasteiger partial charge on any atom is -0.507 e. The van der Waals surface area contributed by atoms with Crippen LogP contribution in [-0.2, 0) is 0 Å². The number of carbonyl (C=O) groups is 1. The van der Waals surface area contributed by atoms with Gasteiger partial charge in [-0.05, 0) is 33.0 Å². The Morgan fingerprint density at radius 1 is 0.682 bits per heavy atom. The van der Waals surface area contributed by atoms with E-state index in [1.165, 1.54) is 6.07 Å². The van der Waals surface area contributed by atoms with E-state index in [0.29, 0.717) is 5.39 Å². The van der Waals surface area contributed by atoms with Crippen molar-refractivity contribution in [2.75, 3.05) is 0 Å². The summed E-state index contributed by atoms with van der Waals surface area (Å²) >= 11 is 0. The third-order valence-corrected chi connectivity index (χ3v) is 4.10. The van der Waals surface area contributed by atoms with Gasteiger partial charge < -0.3 is 10.2 Å². The van der Waals surface area contributed by atoms with Crippen LogP contribution in [0.3, 0.4) is 0 Å². The van der Waals surface area contributed by atoms with Crippen molar-refractivity contribution in [3.05, 3.63) is 66.2 Å². The molecule has 0 aromatic heterocycles. The second kappa shape index (κ2) is 4.46. The Labute approximate surface area is 126 Å². The lowest BCUT2D eigenvalue weighted by Gasteiger charge is -2.13. The van der Waals surface area contributed by atoms with E-state index < -0.39 is 5.97 Å². The Morgan fingerprint density at radius 2 is 1.14 bits per heavy atom. The number of hydrogen-bond acceptors (Lipinski definition) is 2. The van der Waals surface area contributed by atoms with Crippen LogP contribution in [0.25, 0.3) is 32.3 Å². The first-order valence-electron chi connectivity index (χ1n) is 6.97. The van der Waals surface area contributed by atoms with Gasteiger partial charge in [0, 0.05) is 5.39 Å². The summed E-state index contributed by atoms with van der Waals surface area (Å²) in [4.78, 5) is 11.7. The van der Waals surface area contributed by atoms with Crippen molar-refractivity contribution in [3.63, 3.8) is 0 Å². The molecule has 0 aliphatic carbocycles. The van der Waals surface area contributed by atoms with Crippen LogP contribution in [0.5, 0.6) is 5.75 Å². The number of carboxylic acids is 1. The van der Waals surface area contributed by atoms with Crippen LogP contribution in [0.4, 0.5) is 0 Å². The van der Waals surface area contributed by atoms with Crippen molar-refractivity contribution in [1.29, 1.82) is 0 Å². The molecule has 0 spiro atoms. The zero-order valence-electron chi connectivity index (χ0n) is 11.6. The summed E-state index contributed by atoms with van der Waals surface area (Å²) in [6.07, 6.45) is 0. The lowest BCUT2D eigenvalue weighted by Crippen LogP contribution is -1.99. The molecule has 0 fully saturated rings. The number of rotatable bonds is 1. The van der Waals surface area contributed by atoms with E-state index in [1.54, 1.807) is 6.07 Å². The third kappa shape index (κ3) is 1.59. The molecule has 3 heteroatoms. The Hall–Kier alpha value is -3.07. The second-order valence-electron chi connectivity index (χ2n) is 5.28. The van der Waals surface area contributed by atoms with E-state index in [1.807, 2.05) is 48.5 Å². The monoisotopic (exact) mass is 288 g/mol. The van der Waals surface area contributed by atoms with Crippen LogP contribution in [-0.4, -0.2) is 16.2 Å². The summed E-state index contributed by atoms with van der Waals surface area (Å²) in [5, 5.41) is 24.9. The third-order valence-electron chi connectivity index (χ3n) is 4.10. The number of benzene rings is 4. The van der Waals surface area contributed by atoms with Gasteiger partial charge in [-0.3, -0.25) is 0 Å². The van der Waals surface area contributed by atoms with Crippen LogP contribution in [0.15, 0.2) is 60.7 Å². The van der Waals surface area contributed by atoms with Crippen LogP contribution in [0.2, 0.25) is 0 Å². The van der Waals surface area contributed by atoms with Gasteiger partial charge in [0.25, 0.3) is 0 Å². The lowest BCUT2D eigenvalue weighted by atomic mass is 9.91. The number of phenols is 1. The Balaban J connectivity index is 2.44. The molecule has 106 valence electrons. The topological polar surface area (TPSA) is 57.5 Å². The van der Waals surface area contributed by atoms with Crippen LogP contribution < -0.4 is 0 Å². The molecule has 0 aliphatic rings. The van der Waals surface area contributed by atoms with E-state index in [9.17, 15) is 15.0 Å². The van der Waals surface area contributed by atoms with Crippen molar-refractivity contribution in [2.45, 2.75) is 0 Å². The molecule has 0 atom stereocenters. The van der Waals surface area contributed by atoms with Gasteiger partial charge in [0.2, 0.25) is 0 Å². The second-order valence-corrected chi connectivity index (χ2v) is 5.28. The largest absolute Gasteiger partial charge is 0.507 e. The molecule has 0 heterocycles. The first kappa shape index (κ1) is 12.7. The molecule has 2 N–H and O–H groups in total. The molecular formula is C19H12O3. The fourth-order valence-electron chi connectivity index (χ4n) is 3.20. The van der Waals surface area contributed by atoms with E-state index in [2.05, 4.69) is 0 Å². The average Bonchev–Trinajstić information content (AvgIpc) is 2.54. The number of aromatic hydroxyl groups is 1. The molecule has 0 saturated carbocycles. The van der Waals surface area contributed by atoms with Gasteiger partial charge in [0.05, 0.1) is 0 Å². The SMILES string of the molecule is O=C(O)c1c(O)ccc2c3ccccc3c3ccccc3c12. The molecule has 0 amide bonds. The highest BCUT2D eigenvalue weighted by atomic mass is 16.4. The maximum atomic E-state index is 11.7. The van der Waals surface area contributed by atoms with Gasteiger partial charge in [-0.15, -0.1) is 0 Å². The molecular weight excluding hydrogens is 276 g/mol. The fourth-order valence-corrected chi connectivity index (χ4v) is 3.20. The highest BCUT2D eigenvalue weighted by Crippen LogP contribution is 2.39. The fraction of sp³-hybridized carbons (Fsp3) is 0.